The van der Waals surface area contributed by atoms with E-state index in [2.05, 4.69) is 41.4 Å². The number of nitrogen functional groups attached to an aromatic ring is 1. The van der Waals surface area contributed by atoms with Crippen LogP contribution in [0.1, 0.15) is 42.2 Å². The van der Waals surface area contributed by atoms with Crippen LogP contribution >= 0.6 is 0 Å². The summed E-state index contributed by atoms with van der Waals surface area (Å²) in [6.45, 7) is 5.92. The van der Waals surface area contributed by atoms with Gasteiger partial charge in [0.2, 0.25) is 0 Å². The van der Waals surface area contributed by atoms with Gasteiger partial charge in [0.05, 0.1) is 5.69 Å². The number of nitrogens with one attached hydrogen (secondary N) is 1. The highest BCUT2D eigenvalue weighted by molar-refractivity contribution is 5.94. The number of nitrogens with zero attached hydrogens (tertiary/aromatic N) is 2. The lowest BCUT2D eigenvalue weighted by Gasteiger charge is -2.32. The van der Waals surface area contributed by atoms with Crippen molar-refractivity contribution in [2.75, 3.05) is 18.8 Å². The molecule has 1 aliphatic heterocycles. The second-order valence-corrected chi connectivity index (χ2v) is 6.86. The van der Waals surface area contributed by atoms with Gasteiger partial charge in [0, 0.05) is 38.4 Å². The zero-order valence-electron chi connectivity index (χ0n) is 14.9. The van der Waals surface area contributed by atoms with Crippen molar-refractivity contribution in [3.05, 3.63) is 53.9 Å². The summed E-state index contributed by atoms with van der Waals surface area (Å²) in [4.78, 5) is 15.0. The second kappa shape index (κ2) is 8.21. The highest BCUT2D eigenvalue weighted by Gasteiger charge is 2.22. The van der Waals surface area contributed by atoms with Gasteiger partial charge in [-0.05, 0) is 30.9 Å². The molecule has 25 heavy (non-hydrogen) atoms. The molecule has 0 unspecified atom stereocenters. The van der Waals surface area contributed by atoms with Gasteiger partial charge in [-0.2, -0.15) is 0 Å². The second-order valence-electron chi connectivity index (χ2n) is 6.86. The topological polar surface area (TPSA) is 63.3 Å². The van der Waals surface area contributed by atoms with Crippen molar-refractivity contribution in [1.82, 2.24) is 14.8 Å². The molecule has 3 N–H and O–H groups in total. The number of benzene rings is 1. The van der Waals surface area contributed by atoms with Crippen LogP contribution in [0, 0.1) is 0 Å². The molecule has 2 aromatic rings. The van der Waals surface area contributed by atoms with Crippen LogP contribution < -0.4 is 11.1 Å². The van der Waals surface area contributed by atoms with E-state index in [0.29, 0.717) is 11.4 Å². The molecule has 1 fully saturated rings. The Balaban J connectivity index is 1.51. The Morgan fingerprint density at radius 3 is 2.64 bits per heavy atom. The molecule has 3 rings (SSSR count). The minimum Gasteiger partial charge on any atom is -0.397 e. The van der Waals surface area contributed by atoms with Gasteiger partial charge in [-0.1, -0.05) is 37.3 Å². The number of aryl methyl sites for hydroxylation is 1. The summed E-state index contributed by atoms with van der Waals surface area (Å²) in [6, 6.07) is 12.6. The molecule has 134 valence electrons. The molecular weight excluding hydrogens is 312 g/mol. The van der Waals surface area contributed by atoms with Crippen LogP contribution in [0.25, 0.3) is 0 Å². The zero-order valence-corrected chi connectivity index (χ0v) is 14.9. The largest absolute Gasteiger partial charge is 0.397 e. The number of rotatable bonds is 6. The van der Waals surface area contributed by atoms with E-state index in [1.165, 1.54) is 5.56 Å². The molecule has 0 radical (unpaired) electrons. The molecule has 0 saturated carbocycles. The van der Waals surface area contributed by atoms with Crippen LogP contribution in [0.5, 0.6) is 0 Å². The molecule has 1 aromatic heterocycles. The molecule has 1 saturated heterocycles. The van der Waals surface area contributed by atoms with E-state index >= 15 is 0 Å². The summed E-state index contributed by atoms with van der Waals surface area (Å²) >= 11 is 0. The SMILES string of the molecule is CCCn1cc(N)cc1C(=O)NC1CCN(Cc2ccccc2)CC1. The van der Waals surface area contributed by atoms with Gasteiger partial charge in [0.1, 0.15) is 5.69 Å². The molecular formula is C20H28N4O. The maximum absolute atomic E-state index is 12.6. The van der Waals surface area contributed by atoms with Crippen LogP contribution in [0.2, 0.25) is 0 Å². The molecule has 5 nitrogen and oxygen atoms in total. The average Bonchev–Trinajstić information content (AvgIpc) is 2.98. The first kappa shape index (κ1) is 17.5. The van der Waals surface area contributed by atoms with Crippen LogP contribution in [-0.2, 0) is 13.1 Å². The van der Waals surface area contributed by atoms with Crippen molar-refractivity contribution in [2.24, 2.45) is 0 Å². The van der Waals surface area contributed by atoms with Gasteiger partial charge in [-0.15, -0.1) is 0 Å². The fourth-order valence-corrected chi connectivity index (χ4v) is 3.49. The van der Waals surface area contributed by atoms with Crippen molar-refractivity contribution in [1.29, 1.82) is 0 Å². The summed E-state index contributed by atoms with van der Waals surface area (Å²) in [5.41, 5.74) is 8.53. The number of carbonyl (C=O) groups is 1. The minimum absolute atomic E-state index is 0.00772. The first-order chi connectivity index (χ1) is 12.2. The summed E-state index contributed by atoms with van der Waals surface area (Å²) in [6.07, 6.45) is 4.80. The number of nitrogens with two attached hydrogens (primary N) is 1. The Hall–Kier alpha value is -2.27. The van der Waals surface area contributed by atoms with E-state index in [-0.39, 0.29) is 11.9 Å². The van der Waals surface area contributed by atoms with Crippen LogP contribution in [0.4, 0.5) is 5.69 Å². The van der Waals surface area contributed by atoms with E-state index in [9.17, 15) is 4.79 Å². The number of hydrogen-bond acceptors (Lipinski definition) is 3. The maximum Gasteiger partial charge on any atom is 0.268 e. The standard InChI is InChI=1S/C20H28N4O/c1-2-10-24-15-17(21)13-19(24)20(25)22-18-8-11-23(12-9-18)14-16-6-4-3-5-7-16/h3-7,13,15,18H,2,8-12,14,21H2,1H3,(H,22,25). The Labute approximate surface area is 149 Å². The first-order valence-electron chi connectivity index (χ1n) is 9.18. The molecule has 0 aliphatic carbocycles. The number of anilines is 1. The highest BCUT2D eigenvalue weighted by atomic mass is 16.2. The number of aromatic nitrogens is 1. The van der Waals surface area contributed by atoms with Crippen molar-refractivity contribution >= 4 is 11.6 Å². The van der Waals surface area contributed by atoms with Gasteiger partial charge in [0.15, 0.2) is 0 Å². The van der Waals surface area contributed by atoms with Crippen LogP contribution in [-0.4, -0.2) is 34.5 Å². The Kier molecular flexibility index (Phi) is 5.76. The van der Waals surface area contributed by atoms with Crippen LogP contribution in [0.15, 0.2) is 42.6 Å². The molecule has 0 spiro atoms. The lowest BCUT2D eigenvalue weighted by Crippen LogP contribution is -2.44. The third-order valence-corrected chi connectivity index (χ3v) is 4.79. The van der Waals surface area contributed by atoms with Gasteiger partial charge in [-0.25, -0.2) is 0 Å². The van der Waals surface area contributed by atoms with Gasteiger partial charge in [-0.3, -0.25) is 9.69 Å². The van der Waals surface area contributed by atoms with E-state index in [1.54, 1.807) is 6.07 Å². The zero-order chi connectivity index (χ0) is 17.6. The Morgan fingerprint density at radius 1 is 1.24 bits per heavy atom. The van der Waals surface area contributed by atoms with Gasteiger partial charge >= 0.3 is 0 Å². The quantitative estimate of drug-likeness (QED) is 0.850. The number of carbonyl (C=O) groups excluding carboxylic acids is 1. The summed E-state index contributed by atoms with van der Waals surface area (Å²) in [5.74, 6) is -0.00772. The summed E-state index contributed by atoms with van der Waals surface area (Å²) < 4.78 is 1.95. The van der Waals surface area contributed by atoms with E-state index in [1.807, 2.05) is 16.8 Å². The number of hydrogen-bond donors (Lipinski definition) is 2. The molecule has 2 heterocycles. The van der Waals surface area contributed by atoms with E-state index in [4.69, 9.17) is 5.73 Å². The van der Waals surface area contributed by atoms with Crippen molar-refractivity contribution < 1.29 is 4.79 Å². The normalized spacial score (nSPS) is 16.0. The third kappa shape index (κ3) is 4.63. The Morgan fingerprint density at radius 2 is 1.96 bits per heavy atom. The predicted octanol–water partition coefficient (Wildman–Crippen LogP) is 2.87. The fourth-order valence-electron chi connectivity index (χ4n) is 3.49. The van der Waals surface area contributed by atoms with Crippen molar-refractivity contribution in [3.8, 4) is 0 Å². The molecule has 5 heteroatoms. The summed E-state index contributed by atoms with van der Waals surface area (Å²) in [5, 5.41) is 3.19. The lowest BCUT2D eigenvalue weighted by molar-refractivity contribution is 0.0899. The van der Waals surface area contributed by atoms with Gasteiger partial charge in [0.25, 0.3) is 5.91 Å². The maximum atomic E-state index is 12.6. The molecule has 0 bridgehead atoms. The number of amides is 1. The average molecular weight is 340 g/mol. The highest BCUT2D eigenvalue weighted by Crippen LogP contribution is 2.16. The van der Waals surface area contributed by atoms with E-state index < -0.39 is 0 Å². The number of likely N-dealkylation sites (tertiary alicyclic amines) is 1. The molecule has 1 aromatic carbocycles. The minimum atomic E-state index is -0.00772. The third-order valence-electron chi connectivity index (χ3n) is 4.79. The van der Waals surface area contributed by atoms with Crippen molar-refractivity contribution in [3.63, 3.8) is 0 Å². The molecule has 0 atom stereocenters. The van der Waals surface area contributed by atoms with Crippen molar-refractivity contribution in [2.45, 2.75) is 45.3 Å². The monoisotopic (exact) mass is 340 g/mol. The first-order valence-corrected chi connectivity index (χ1v) is 9.18. The lowest BCUT2D eigenvalue weighted by atomic mass is 10.0. The predicted molar refractivity (Wildman–Crippen MR) is 101 cm³/mol. The van der Waals surface area contributed by atoms with Gasteiger partial charge < -0.3 is 15.6 Å². The fraction of sp³-hybridized carbons (Fsp3) is 0.450. The Bertz CT molecular complexity index is 687. The number of piperidine rings is 1. The summed E-state index contributed by atoms with van der Waals surface area (Å²) in [7, 11) is 0. The molecule has 1 amide bonds. The van der Waals surface area contributed by atoms with E-state index in [0.717, 1.165) is 45.4 Å². The smallest absolute Gasteiger partial charge is 0.268 e. The van der Waals surface area contributed by atoms with Crippen LogP contribution in [0.3, 0.4) is 0 Å². The molecule has 1 aliphatic rings.